The molecule has 2 aliphatic carbocycles. The fraction of sp³-hybridized carbons (Fsp3) is 0.619. The van der Waals surface area contributed by atoms with Gasteiger partial charge in [-0.1, -0.05) is 35.9 Å². The molecule has 57 heavy (non-hydrogen) atoms. The SMILES string of the molecule is C[C@H]1COCCN1CCO[C@H]1/C=C\CCN(C)C(=O)C[C@](O)(C(=O)NS(=O)(=O)N(C)C)c2ccc3c(c2)N(C[C@@H]2CC[C@H]21)C[C@@]1(CCCc2cc(Cl)ccc21)CO3. The molecule has 2 amide bonds. The van der Waals surface area contributed by atoms with Crippen molar-refractivity contribution >= 4 is 39.3 Å². The molecule has 2 N–H and O–H groups in total. The standard InChI is InChI=1S/C42H58ClN5O8S/c1-29-26-54-20-18-47(29)19-21-55-37-9-5-6-17-46(4)39(49)24-42(51,40(50)44-57(52,53)45(2)3)32-11-15-38-36(23-32)48(25-31-10-13-34(31)37)27-41(28-56-38)16-7-8-30-22-33(43)12-14-35(30)41/h5,9,11-12,14-15,22-23,29,31,34,37,51H,6-8,10,13,16-21,24-28H2,1-4H3,(H,44,50)/b9-5-/t29-,31-,34+,37-,41-,42+/m0/s1. The van der Waals surface area contributed by atoms with Crippen LogP contribution in [0, 0.1) is 11.8 Å². The van der Waals surface area contributed by atoms with Crippen LogP contribution in [0.3, 0.4) is 0 Å². The summed E-state index contributed by atoms with van der Waals surface area (Å²) in [6, 6.07) is 11.5. The normalized spacial score (nSPS) is 30.5. The van der Waals surface area contributed by atoms with Crippen LogP contribution in [0.2, 0.25) is 5.02 Å². The molecule has 1 spiro atoms. The highest BCUT2D eigenvalue weighted by molar-refractivity contribution is 7.87. The van der Waals surface area contributed by atoms with Crippen molar-refractivity contribution in [3.8, 4) is 5.75 Å². The molecule has 0 radical (unpaired) electrons. The molecule has 1 saturated carbocycles. The van der Waals surface area contributed by atoms with E-state index in [2.05, 4.69) is 41.0 Å². The maximum Gasteiger partial charge on any atom is 0.303 e. The maximum atomic E-state index is 14.0. The van der Waals surface area contributed by atoms with Gasteiger partial charge in [0.15, 0.2) is 5.60 Å². The van der Waals surface area contributed by atoms with E-state index in [0.29, 0.717) is 61.8 Å². The number of benzene rings is 2. The van der Waals surface area contributed by atoms with E-state index < -0.39 is 34.0 Å². The fourth-order valence-electron chi connectivity index (χ4n) is 9.21. The van der Waals surface area contributed by atoms with Gasteiger partial charge in [-0.25, -0.2) is 4.72 Å². The molecule has 0 unspecified atom stereocenters. The predicted molar refractivity (Wildman–Crippen MR) is 219 cm³/mol. The first-order valence-corrected chi connectivity index (χ1v) is 22.1. The van der Waals surface area contributed by atoms with Gasteiger partial charge in [0, 0.05) is 70.3 Å². The molecule has 6 atom stereocenters. The average molecular weight is 828 g/mol. The first-order valence-electron chi connectivity index (χ1n) is 20.3. The number of fused-ring (bicyclic) bond motifs is 4. The van der Waals surface area contributed by atoms with Crippen molar-refractivity contribution in [1.82, 2.24) is 18.8 Å². The Morgan fingerprint density at radius 3 is 2.74 bits per heavy atom. The Morgan fingerprint density at radius 2 is 1.98 bits per heavy atom. The van der Waals surface area contributed by atoms with Crippen LogP contribution in [0.4, 0.5) is 5.69 Å². The number of hydrogen-bond donors (Lipinski definition) is 2. The number of aliphatic hydroxyl groups is 1. The van der Waals surface area contributed by atoms with Gasteiger partial charge in [0.05, 0.1) is 44.6 Å². The Kier molecular flexibility index (Phi) is 12.6. The van der Waals surface area contributed by atoms with Crippen LogP contribution in [0.25, 0.3) is 0 Å². The molecule has 7 rings (SSSR count). The quantitative estimate of drug-likeness (QED) is 0.396. The van der Waals surface area contributed by atoms with Crippen molar-refractivity contribution < 1.29 is 37.3 Å². The third-order valence-electron chi connectivity index (χ3n) is 12.9. The van der Waals surface area contributed by atoms with Crippen LogP contribution in [0.1, 0.15) is 62.1 Å². The lowest BCUT2D eigenvalue weighted by Crippen LogP contribution is -2.52. The smallest absolute Gasteiger partial charge is 0.303 e. The Morgan fingerprint density at radius 1 is 1.16 bits per heavy atom. The summed E-state index contributed by atoms with van der Waals surface area (Å²) in [4.78, 5) is 34.0. The summed E-state index contributed by atoms with van der Waals surface area (Å²) < 4.78 is 47.8. The van der Waals surface area contributed by atoms with Gasteiger partial charge in [0.1, 0.15) is 5.75 Å². The monoisotopic (exact) mass is 827 g/mol. The van der Waals surface area contributed by atoms with Crippen molar-refractivity contribution in [3.05, 3.63) is 70.3 Å². The Balaban J connectivity index is 1.28. The van der Waals surface area contributed by atoms with Gasteiger partial charge in [-0.15, -0.1) is 0 Å². The molecular formula is C42H58ClN5O8S. The summed E-state index contributed by atoms with van der Waals surface area (Å²) in [7, 11) is -0.116. The third-order valence-corrected chi connectivity index (χ3v) is 14.6. The third kappa shape index (κ3) is 8.88. The van der Waals surface area contributed by atoms with Gasteiger partial charge in [-0.3, -0.25) is 14.5 Å². The number of amides is 2. The highest BCUT2D eigenvalue weighted by Crippen LogP contribution is 2.48. The van der Waals surface area contributed by atoms with Crippen LogP contribution in [-0.2, 0) is 46.7 Å². The van der Waals surface area contributed by atoms with Crippen molar-refractivity contribution in [3.63, 3.8) is 0 Å². The molecule has 5 aliphatic rings. The fourth-order valence-corrected chi connectivity index (χ4v) is 9.99. The summed E-state index contributed by atoms with van der Waals surface area (Å²) >= 11 is 6.50. The zero-order valence-corrected chi connectivity index (χ0v) is 35.2. The summed E-state index contributed by atoms with van der Waals surface area (Å²) in [6.07, 6.45) is 8.79. The topological polar surface area (TPSA) is 141 Å². The second kappa shape index (κ2) is 17.2. The van der Waals surface area contributed by atoms with Crippen LogP contribution in [-0.4, -0.2) is 132 Å². The minimum Gasteiger partial charge on any atom is -0.490 e. The number of ether oxygens (including phenoxy) is 3. The van der Waals surface area contributed by atoms with Crippen molar-refractivity contribution in [2.24, 2.45) is 11.8 Å². The van der Waals surface area contributed by atoms with E-state index in [9.17, 15) is 23.1 Å². The van der Waals surface area contributed by atoms with Crippen LogP contribution in [0.15, 0.2) is 48.6 Å². The van der Waals surface area contributed by atoms with Crippen molar-refractivity contribution in [1.29, 1.82) is 0 Å². The molecule has 15 heteroatoms. The minimum atomic E-state index is -4.30. The Hall–Kier alpha value is -3.24. The lowest BCUT2D eigenvalue weighted by molar-refractivity contribution is -0.148. The number of aryl methyl sites for hydroxylation is 1. The molecule has 2 aromatic carbocycles. The number of anilines is 1. The molecule has 13 nitrogen and oxygen atoms in total. The number of hydrogen-bond acceptors (Lipinski definition) is 10. The van der Waals surface area contributed by atoms with Gasteiger partial charge < -0.3 is 29.1 Å². The predicted octanol–water partition coefficient (Wildman–Crippen LogP) is 3.86. The molecule has 2 aromatic rings. The van der Waals surface area contributed by atoms with E-state index in [-0.39, 0.29) is 28.9 Å². The summed E-state index contributed by atoms with van der Waals surface area (Å²) in [5.41, 5.74) is 0.322. The van der Waals surface area contributed by atoms with Gasteiger partial charge in [-0.05, 0) is 98.2 Å². The second-order valence-electron chi connectivity index (χ2n) is 16.9. The summed E-state index contributed by atoms with van der Waals surface area (Å²) in [5, 5.41) is 13.1. The van der Waals surface area contributed by atoms with Crippen LogP contribution < -0.4 is 14.4 Å². The second-order valence-corrected chi connectivity index (χ2v) is 19.2. The van der Waals surface area contributed by atoms with E-state index in [1.165, 1.54) is 30.1 Å². The number of halogens is 1. The molecule has 0 aromatic heterocycles. The number of nitrogens with one attached hydrogen (secondary N) is 1. The number of carbonyl (C=O) groups excluding carboxylic acids is 2. The van der Waals surface area contributed by atoms with E-state index >= 15 is 0 Å². The number of nitrogens with zero attached hydrogens (tertiary/aromatic N) is 4. The molecule has 3 aliphatic heterocycles. The van der Waals surface area contributed by atoms with Gasteiger partial charge in [0.2, 0.25) is 5.91 Å². The molecular weight excluding hydrogens is 770 g/mol. The number of morpholine rings is 1. The maximum absolute atomic E-state index is 14.0. The minimum absolute atomic E-state index is 0.102. The average Bonchev–Trinajstić information content (AvgIpc) is 3.31. The highest BCUT2D eigenvalue weighted by Gasteiger charge is 2.47. The van der Waals surface area contributed by atoms with E-state index in [1.54, 1.807) is 25.2 Å². The summed E-state index contributed by atoms with van der Waals surface area (Å²) in [6.45, 7) is 7.96. The zero-order chi connectivity index (χ0) is 40.5. The molecule has 2 fully saturated rings. The van der Waals surface area contributed by atoms with Crippen molar-refractivity contribution in [2.45, 2.75) is 75.0 Å². The summed E-state index contributed by atoms with van der Waals surface area (Å²) in [5.74, 6) is -0.611. The molecule has 312 valence electrons. The highest BCUT2D eigenvalue weighted by atomic mass is 35.5. The van der Waals surface area contributed by atoms with Crippen molar-refractivity contribution in [2.75, 3.05) is 85.2 Å². The van der Waals surface area contributed by atoms with Gasteiger partial charge in [0.25, 0.3) is 5.91 Å². The Bertz CT molecular complexity index is 1950. The largest absolute Gasteiger partial charge is 0.490 e. The lowest BCUT2D eigenvalue weighted by atomic mass is 9.68. The first-order chi connectivity index (χ1) is 27.2. The molecule has 3 heterocycles. The van der Waals surface area contributed by atoms with E-state index in [0.717, 1.165) is 62.7 Å². The number of carbonyl (C=O) groups is 2. The van der Waals surface area contributed by atoms with E-state index in [1.807, 2.05) is 10.8 Å². The molecule has 1 saturated heterocycles. The lowest BCUT2D eigenvalue weighted by Gasteiger charge is -2.46. The van der Waals surface area contributed by atoms with Gasteiger partial charge >= 0.3 is 10.2 Å². The zero-order valence-electron chi connectivity index (χ0n) is 33.6. The Labute approximate surface area is 342 Å². The molecule has 2 bridgehead atoms. The van der Waals surface area contributed by atoms with E-state index in [4.69, 9.17) is 25.8 Å². The first kappa shape index (κ1) is 41.9. The van der Waals surface area contributed by atoms with Crippen LogP contribution >= 0.6 is 11.6 Å². The van der Waals surface area contributed by atoms with Gasteiger partial charge in [-0.2, -0.15) is 12.7 Å². The van der Waals surface area contributed by atoms with Crippen LogP contribution in [0.5, 0.6) is 5.75 Å². The number of rotatable bonds is 7.